The maximum absolute atomic E-state index is 6.72. The SMILES string of the molecule is CC1(C)CCC(N)(C2CCCCCC2)CC1. The first-order valence-electron chi connectivity index (χ1n) is 7.31. The van der Waals surface area contributed by atoms with Crippen molar-refractivity contribution in [1.29, 1.82) is 0 Å². The lowest BCUT2D eigenvalue weighted by Gasteiger charge is -2.45. The predicted molar refractivity (Wildman–Crippen MR) is 70.4 cm³/mol. The molecule has 0 saturated heterocycles. The van der Waals surface area contributed by atoms with Crippen LogP contribution in [0.5, 0.6) is 0 Å². The summed E-state index contributed by atoms with van der Waals surface area (Å²) in [4.78, 5) is 0. The molecule has 0 heterocycles. The lowest BCUT2D eigenvalue weighted by atomic mass is 9.64. The Morgan fingerprint density at radius 2 is 1.31 bits per heavy atom. The molecule has 16 heavy (non-hydrogen) atoms. The van der Waals surface area contributed by atoms with Crippen LogP contribution >= 0.6 is 0 Å². The van der Waals surface area contributed by atoms with Crippen LogP contribution in [0.25, 0.3) is 0 Å². The van der Waals surface area contributed by atoms with Gasteiger partial charge in [-0.3, -0.25) is 0 Å². The van der Waals surface area contributed by atoms with E-state index in [1.54, 1.807) is 0 Å². The molecule has 94 valence electrons. The van der Waals surface area contributed by atoms with Gasteiger partial charge in [0.2, 0.25) is 0 Å². The van der Waals surface area contributed by atoms with Crippen molar-refractivity contribution in [2.24, 2.45) is 17.1 Å². The third-order valence-corrected chi connectivity index (χ3v) is 5.20. The molecule has 1 nitrogen and oxygen atoms in total. The first-order chi connectivity index (χ1) is 7.52. The van der Waals surface area contributed by atoms with Gasteiger partial charge in [-0.2, -0.15) is 0 Å². The summed E-state index contributed by atoms with van der Waals surface area (Å²) >= 11 is 0. The lowest BCUT2D eigenvalue weighted by molar-refractivity contribution is 0.108. The van der Waals surface area contributed by atoms with Crippen LogP contribution in [0.3, 0.4) is 0 Å². The van der Waals surface area contributed by atoms with Gasteiger partial charge in [0.05, 0.1) is 0 Å². The Morgan fingerprint density at radius 3 is 1.81 bits per heavy atom. The number of nitrogens with two attached hydrogens (primary N) is 1. The summed E-state index contributed by atoms with van der Waals surface area (Å²) in [5.74, 6) is 0.825. The minimum Gasteiger partial charge on any atom is -0.325 e. The van der Waals surface area contributed by atoms with E-state index in [2.05, 4.69) is 13.8 Å². The minimum absolute atomic E-state index is 0.194. The van der Waals surface area contributed by atoms with E-state index < -0.39 is 0 Å². The van der Waals surface area contributed by atoms with Gasteiger partial charge in [-0.25, -0.2) is 0 Å². The van der Waals surface area contributed by atoms with Crippen molar-refractivity contribution in [2.45, 2.75) is 83.6 Å². The Hall–Kier alpha value is -0.0400. The third kappa shape index (κ3) is 2.80. The zero-order valence-corrected chi connectivity index (χ0v) is 11.2. The fourth-order valence-electron chi connectivity index (χ4n) is 3.65. The summed E-state index contributed by atoms with van der Waals surface area (Å²) < 4.78 is 0. The second-order valence-corrected chi connectivity index (χ2v) is 7.09. The predicted octanol–water partition coefficient (Wildman–Crippen LogP) is 4.25. The van der Waals surface area contributed by atoms with Crippen LogP contribution in [0.15, 0.2) is 0 Å². The highest BCUT2D eigenvalue weighted by molar-refractivity contribution is 4.97. The second kappa shape index (κ2) is 4.68. The van der Waals surface area contributed by atoms with Gasteiger partial charge >= 0.3 is 0 Å². The fraction of sp³-hybridized carbons (Fsp3) is 1.00. The maximum atomic E-state index is 6.72. The van der Waals surface area contributed by atoms with Crippen molar-refractivity contribution < 1.29 is 0 Å². The van der Waals surface area contributed by atoms with Crippen LogP contribution in [0.2, 0.25) is 0 Å². The summed E-state index contributed by atoms with van der Waals surface area (Å²) in [6.45, 7) is 4.80. The Balaban J connectivity index is 1.96. The van der Waals surface area contributed by atoms with Crippen molar-refractivity contribution in [2.75, 3.05) is 0 Å². The van der Waals surface area contributed by atoms with E-state index in [1.165, 1.54) is 64.2 Å². The van der Waals surface area contributed by atoms with Gasteiger partial charge in [-0.05, 0) is 49.9 Å². The van der Waals surface area contributed by atoms with Crippen LogP contribution in [0.1, 0.15) is 78.1 Å². The molecule has 0 spiro atoms. The van der Waals surface area contributed by atoms with Crippen LogP contribution in [0, 0.1) is 11.3 Å². The topological polar surface area (TPSA) is 26.0 Å². The molecule has 2 aliphatic carbocycles. The first-order valence-corrected chi connectivity index (χ1v) is 7.31. The zero-order valence-electron chi connectivity index (χ0n) is 11.2. The van der Waals surface area contributed by atoms with Gasteiger partial charge in [0.25, 0.3) is 0 Å². The molecule has 0 aromatic rings. The second-order valence-electron chi connectivity index (χ2n) is 7.09. The molecule has 0 bridgehead atoms. The molecular formula is C15H29N. The summed E-state index contributed by atoms with van der Waals surface area (Å²) in [5.41, 5.74) is 7.47. The highest BCUT2D eigenvalue weighted by atomic mass is 14.8. The summed E-state index contributed by atoms with van der Waals surface area (Å²) in [7, 11) is 0. The number of rotatable bonds is 1. The van der Waals surface area contributed by atoms with Gasteiger partial charge in [0.15, 0.2) is 0 Å². The quantitative estimate of drug-likeness (QED) is 0.661. The number of hydrogen-bond acceptors (Lipinski definition) is 1. The van der Waals surface area contributed by atoms with E-state index in [0.29, 0.717) is 5.41 Å². The Morgan fingerprint density at radius 1 is 0.812 bits per heavy atom. The molecule has 2 saturated carbocycles. The van der Waals surface area contributed by atoms with Crippen LogP contribution in [0.4, 0.5) is 0 Å². The molecule has 0 aromatic carbocycles. The van der Waals surface area contributed by atoms with E-state index in [4.69, 9.17) is 5.73 Å². The van der Waals surface area contributed by atoms with Crippen LogP contribution in [-0.2, 0) is 0 Å². The Bertz CT molecular complexity index is 214. The fourth-order valence-corrected chi connectivity index (χ4v) is 3.65. The van der Waals surface area contributed by atoms with Crippen molar-refractivity contribution in [1.82, 2.24) is 0 Å². The largest absolute Gasteiger partial charge is 0.325 e. The van der Waals surface area contributed by atoms with E-state index >= 15 is 0 Å². The molecule has 0 radical (unpaired) electrons. The molecule has 0 aliphatic heterocycles. The van der Waals surface area contributed by atoms with E-state index in [0.717, 1.165) is 5.92 Å². The molecule has 2 fully saturated rings. The molecule has 0 amide bonds. The zero-order chi connectivity index (χ0) is 11.6. The lowest BCUT2D eigenvalue weighted by Crippen LogP contribution is -2.50. The van der Waals surface area contributed by atoms with Crippen LogP contribution < -0.4 is 5.73 Å². The summed E-state index contributed by atoms with van der Waals surface area (Å²) in [5, 5.41) is 0. The van der Waals surface area contributed by atoms with Gasteiger partial charge in [0, 0.05) is 5.54 Å². The minimum atomic E-state index is 0.194. The van der Waals surface area contributed by atoms with Gasteiger partial charge in [-0.15, -0.1) is 0 Å². The molecular weight excluding hydrogens is 194 g/mol. The van der Waals surface area contributed by atoms with Gasteiger partial charge in [-0.1, -0.05) is 39.5 Å². The van der Waals surface area contributed by atoms with Gasteiger partial charge < -0.3 is 5.73 Å². The van der Waals surface area contributed by atoms with E-state index in [1.807, 2.05) is 0 Å². The Labute approximate surface area is 101 Å². The Kier molecular flexibility index (Phi) is 3.63. The molecule has 0 unspecified atom stereocenters. The van der Waals surface area contributed by atoms with E-state index in [9.17, 15) is 0 Å². The van der Waals surface area contributed by atoms with Crippen molar-refractivity contribution in [3.05, 3.63) is 0 Å². The standard InChI is InChI=1S/C15H29N/c1-14(2)9-11-15(16,12-10-14)13-7-5-3-4-6-8-13/h13H,3-12,16H2,1-2H3. The molecule has 0 aromatic heterocycles. The maximum Gasteiger partial charge on any atom is 0.0183 e. The number of hydrogen-bond donors (Lipinski definition) is 1. The monoisotopic (exact) mass is 223 g/mol. The average molecular weight is 223 g/mol. The molecule has 2 rings (SSSR count). The van der Waals surface area contributed by atoms with Crippen molar-refractivity contribution in [3.8, 4) is 0 Å². The normalized spacial score (nSPS) is 30.9. The molecule has 2 N–H and O–H groups in total. The highest BCUT2D eigenvalue weighted by Crippen LogP contribution is 2.45. The van der Waals surface area contributed by atoms with E-state index in [-0.39, 0.29) is 5.54 Å². The van der Waals surface area contributed by atoms with Gasteiger partial charge in [0.1, 0.15) is 0 Å². The highest BCUT2D eigenvalue weighted by Gasteiger charge is 2.40. The smallest absolute Gasteiger partial charge is 0.0183 e. The van der Waals surface area contributed by atoms with Crippen molar-refractivity contribution in [3.63, 3.8) is 0 Å². The first kappa shape index (κ1) is 12.4. The molecule has 2 aliphatic rings. The van der Waals surface area contributed by atoms with Crippen LogP contribution in [-0.4, -0.2) is 5.54 Å². The average Bonchev–Trinajstić information content (AvgIpc) is 2.52. The summed E-state index contributed by atoms with van der Waals surface area (Å²) in [6, 6.07) is 0. The third-order valence-electron chi connectivity index (χ3n) is 5.20. The van der Waals surface area contributed by atoms with Crippen molar-refractivity contribution >= 4 is 0 Å². The summed E-state index contributed by atoms with van der Waals surface area (Å²) in [6.07, 6.45) is 13.7. The molecule has 0 atom stereocenters. The molecule has 1 heteroatoms.